The summed E-state index contributed by atoms with van der Waals surface area (Å²) >= 11 is 0. The Hall–Kier alpha value is -1.62. The summed E-state index contributed by atoms with van der Waals surface area (Å²) in [5.41, 5.74) is -0.837. The zero-order valence-corrected chi connectivity index (χ0v) is 8.09. The molecule has 5 nitrogen and oxygen atoms in total. The molecular formula is C10H12N2O3. The van der Waals surface area contributed by atoms with Gasteiger partial charge in [0.25, 0.3) is 5.56 Å². The number of hydrogen-bond donors (Lipinski definition) is 2. The van der Waals surface area contributed by atoms with Crippen LogP contribution < -0.4 is 11.2 Å². The second-order valence-corrected chi connectivity index (χ2v) is 3.61. The molecule has 5 heteroatoms. The number of aromatic amines is 1. The van der Waals surface area contributed by atoms with Crippen LogP contribution in [0, 0.1) is 5.92 Å². The van der Waals surface area contributed by atoms with Crippen molar-refractivity contribution in [2.75, 3.05) is 6.61 Å². The van der Waals surface area contributed by atoms with Crippen LogP contribution in [-0.2, 0) is 0 Å². The molecule has 0 saturated heterocycles. The van der Waals surface area contributed by atoms with E-state index in [1.807, 2.05) is 12.2 Å². The number of nitrogens with one attached hydrogen (secondary N) is 1. The molecule has 1 aliphatic carbocycles. The van der Waals surface area contributed by atoms with Gasteiger partial charge in [0.2, 0.25) is 0 Å². The van der Waals surface area contributed by atoms with Crippen LogP contribution in [0.25, 0.3) is 0 Å². The Balaban J connectivity index is 2.41. The zero-order valence-electron chi connectivity index (χ0n) is 8.09. The van der Waals surface area contributed by atoms with E-state index in [2.05, 4.69) is 4.98 Å². The van der Waals surface area contributed by atoms with Gasteiger partial charge < -0.3 is 5.11 Å². The number of aromatic nitrogens is 2. The summed E-state index contributed by atoms with van der Waals surface area (Å²) in [4.78, 5) is 24.5. The number of nitrogens with zero attached hydrogens (tertiary/aromatic N) is 1. The molecule has 0 aromatic carbocycles. The Kier molecular flexibility index (Phi) is 2.55. The van der Waals surface area contributed by atoms with E-state index in [4.69, 9.17) is 5.11 Å². The van der Waals surface area contributed by atoms with Crippen LogP contribution in [-0.4, -0.2) is 21.3 Å². The molecule has 1 aromatic rings. The maximum absolute atomic E-state index is 11.5. The highest BCUT2D eigenvalue weighted by molar-refractivity contribution is 5.06. The maximum Gasteiger partial charge on any atom is 0.328 e. The summed E-state index contributed by atoms with van der Waals surface area (Å²) < 4.78 is 1.44. The Labute approximate surface area is 85.7 Å². The normalized spacial score (nSPS) is 24.6. The third kappa shape index (κ3) is 1.78. The second kappa shape index (κ2) is 3.86. The van der Waals surface area contributed by atoms with E-state index < -0.39 is 11.2 Å². The highest BCUT2D eigenvalue weighted by Crippen LogP contribution is 2.27. The van der Waals surface area contributed by atoms with Gasteiger partial charge in [-0.2, -0.15) is 0 Å². The minimum absolute atomic E-state index is 0.0219. The molecular weight excluding hydrogens is 196 g/mol. The third-order valence-corrected chi connectivity index (χ3v) is 2.66. The number of aliphatic hydroxyl groups is 1. The molecule has 0 unspecified atom stereocenters. The smallest absolute Gasteiger partial charge is 0.328 e. The van der Waals surface area contributed by atoms with E-state index in [9.17, 15) is 9.59 Å². The first-order valence-electron chi connectivity index (χ1n) is 4.81. The Morgan fingerprint density at radius 2 is 2.33 bits per heavy atom. The first-order valence-corrected chi connectivity index (χ1v) is 4.81. The van der Waals surface area contributed by atoms with E-state index >= 15 is 0 Å². The average Bonchev–Trinajstić information content (AvgIpc) is 2.65. The van der Waals surface area contributed by atoms with Crippen molar-refractivity contribution in [3.05, 3.63) is 45.3 Å². The molecule has 0 radical (unpaired) electrons. The molecule has 0 fully saturated rings. The van der Waals surface area contributed by atoms with Gasteiger partial charge in [-0.25, -0.2) is 4.79 Å². The molecule has 0 saturated carbocycles. The highest BCUT2D eigenvalue weighted by Gasteiger charge is 2.24. The summed E-state index contributed by atoms with van der Waals surface area (Å²) in [5, 5.41) is 9.12. The Morgan fingerprint density at radius 1 is 1.53 bits per heavy atom. The lowest BCUT2D eigenvalue weighted by molar-refractivity contribution is 0.202. The molecule has 1 heterocycles. The predicted molar refractivity (Wildman–Crippen MR) is 54.7 cm³/mol. The average molecular weight is 208 g/mol. The molecule has 0 aliphatic heterocycles. The molecule has 2 atom stereocenters. The first kappa shape index (κ1) is 9.92. The molecule has 2 N–H and O–H groups in total. The van der Waals surface area contributed by atoms with Gasteiger partial charge in [0.05, 0.1) is 6.04 Å². The standard InChI is InChI=1S/C10H12N2O3/c13-6-7-2-1-3-8(7)12-5-4-9(14)11-10(12)15/h1,3-5,7-8,13H,2,6H2,(H,11,14,15)/t7-,8-/m0/s1. The van der Waals surface area contributed by atoms with Gasteiger partial charge in [-0.1, -0.05) is 12.2 Å². The largest absolute Gasteiger partial charge is 0.396 e. The molecule has 0 bridgehead atoms. The van der Waals surface area contributed by atoms with Crippen LogP contribution in [0.1, 0.15) is 12.5 Å². The molecule has 1 aliphatic rings. The summed E-state index contributed by atoms with van der Waals surface area (Å²) in [6, 6.07) is 1.15. The van der Waals surface area contributed by atoms with E-state index in [1.54, 1.807) is 0 Å². The quantitative estimate of drug-likeness (QED) is 0.652. The fourth-order valence-corrected chi connectivity index (χ4v) is 1.85. The minimum Gasteiger partial charge on any atom is -0.396 e. The zero-order chi connectivity index (χ0) is 10.8. The van der Waals surface area contributed by atoms with Gasteiger partial charge in [0, 0.05) is 24.8 Å². The summed E-state index contributed by atoms with van der Waals surface area (Å²) in [7, 11) is 0. The van der Waals surface area contributed by atoms with Crippen LogP contribution in [0.2, 0.25) is 0 Å². The molecule has 0 spiro atoms. The number of H-pyrrole nitrogens is 1. The molecule has 0 amide bonds. The number of hydrogen-bond acceptors (Lipinski definition) is 3. The van der Waals surface area contributed by atoms with Crippen molar-refractivity contribution in [3.8, 4) is 0 Å². The van der Waals surface area contributed by atoms with Crippen molar-refractivity contribution in [2.24, 2.45) is 5.92 Å². The number of aliphatic hydroxyl groups excluding tert-OH is 1. The van der Waals surface area contributed by atoms with Gasteiger partial charge in [-0.05, 0) is 6.42 Å². The van der Waals surface area contributed by atoms with Gasteiger partial charge >= 0.3 is 5.69 Å². The topological polar surface area (TPSA) is 75.1 Å². The molecule has 1 aromatic heterocycles. The molecule has 15 heavy (non-hydrogen) atoms. The van der Waals surface area contributed by atoms with Crippen LogP contribution in [0.3, 0.4) is 0 Å². The monoisotopic (exact) mass is 208 g/mol. The second-order valence-electron chi connectivity index (χ2n) is 3.61. The van der Waals surface area contributed by atoms with E-state index in [-0.39, 0.29) is 18.6 Å². The van der Waals surface area contributed by atoms with Crippen LogP contribution in [0.5, 0.6) is 0 Å². The fraction of sp³-hybridized carbons (Fsp3) is 0.400. The summed E-state index contributed by atoms with van der Waals surface area (Å²) in [5.74, 6) is 0.0219. The number of allylic oxidation sites excluding steroid dienone is 2. The van der Waals surface area contributed by atoms with E-state index in [0.717, 1.165) is 6.42 Å². The summed E-state index contributed by atoms with van der Waals surface area (Å²) in [6.45, 7) is 0.0310. The van der Waals surface area contributed by atoms with Gasteiger partial charge in [0.15, 0.2) is 0 Å². The lowest BCUT2D eigenvalue weighted by atomic mass is 10.0. The Morgan fingerprint density at radius 3 is 3.00 bits per heavy atom. The van der Waals surface area contributed by atoms with Crippen molar-refractivity contribution in [1.29, 1.82) is 0 Å². The van der Waals surface area contributed by atoms with E-state index in [1.165, 1.54) is 16.8 Å². The first-order chi connectivity index (χ1) is 7.22. The van der Waals surface area contributed by atoms with Crippen molar-refractivity contribution < 1.29 is 5.11 Å². The van der Waals surface area contributed by atoms with E-state index in [0.29, 0.717) is 0 Å². The molecule has 2 rings (SSSR count). The van der Waals surface area contributed by atoms with Crippen molar-refractivity contribution >= 4 is 0 Å². The number of rotatable bonds is 2. The van der Waals surface area contributed by atoms with Gasteiger partial charge in [-0.15, -0.1) is 0 Å². The maximum atomic E-state index is 11.5. The van der Waals surface area contributed by atoms with Crippen LogP contribution in [0.15, 0.2) is 34.0 Å². The van der Waals surface area contributed by atoms with Crippen molar-refractivity contribution in [2.45, 2.75) is 12.5 Å². The predicted octanol–water partition coefficient (Wildman–Crippen LogP) is -0.354. The minimum atomic E-state index is -0.433. The summed E-state index contributed by atoms with van der Waals surface area (Å²) in [6.07, 6.45) is 6.03. The van der Waals surface area contributed by atoms with Crippen LogP contribution >= 0.6 is 0 Å². The lowest BCUT2D eigenvalue weighted by Gasteiger charge is -2.18. The van der Waals surface area contributed by atoms with Crippen molar-refractivity contribution in [1.82, 2.24) is 9.55 Å². The SMILES string of the molecule is O=c1ccn([C@H]2C=CC[C@H]2CO)c(=O)[nH]1. The Bertz CT molecular complexity index is 486. The highest BCUT2D eigenvalue weighted by atomic mass is 16.3. The van der Waals surface area contributed by atoms with Crippen molar-refractivity contribution in [3.63, 3.8) is 0 Å². The van der Waals surface area contributed by atoms with Gasteiger partial charge in [-0.3, -0.25) is 14.3 Å². The van der Waals surface area contributed by atoms with Crippen LogP contribution in [0.4, 0.5) is 0 Å². The fourth-order valence-electron chi connectivity index (χ4n) is 1.85. The molecule has 80 valence electrons. The lowest BCUT2D eigenvalue weighted by Crippen LogP contribution is -2.33. The van der Waals surface area contributed by atoms with Gasteiger partial charge in [0.1, 0.15) is 0 Å². The third-order valence-electron chi connectivity index (χ3n) is 2.66.